The quantitative estimate of drug-likeness (QED) is 0.359. The molecule has 4 atom stereocenters. The number of benzene rings is 1. The average molecular weight is 408 g/mol. The van der Waals surface area contributed by atoms with Gasteiger partial charge < -0.3 is 18.8 Å². The number of fused-ring (bicyclic) bond motifs is 1. The molecule has 2 aliphatic rings. The lowest BCUT2D eigenvalue weighted by molar-refractivity contribution is -0.0135. The third-order valence-corrected chi connectivity index (χ3v) is 10.0. The molecule has 1 heterocycles. The standard InChI is InChI=1S/C22H33O5P/c1-14(2)16-11-10-15(3)12-19(16)27-21(23)26-18-9-7-8-17-20(18)28(24,13-25-17)22(4,5)6/h7-9,14-16,19H,10-13H2,1-6H3/t15-,16+,19-,28-/m0/s1. The lowest BCUT2D eigenvalue weighted by Gasteiger charge is -2.36. The van der Waals surface area contributed by atoms with E-state index in [0.29, 0.717) is 34.6 Å². The van der Waals surface area contributed by atoms with Crippen LogP contribution in [0, 0.1) is 17.8 Å². The highest BCUT2D eigenvalue weighted by atomic mass is 31.2. The van der Waals surface area contributed by atoms with Gasteiger partial charge in [0, 0.05) is 5.16 Å². The van der Waals surface area contributed by atoms with Gasteiger partial charge >= 0.3 is 6.16 Å². The van der Waals surface area contributed by atoms with E-state index in [1.807, 2.05) is 20.8 Å². The Hall–Kier alpha value is -1.48. The van der Waals surface area contributed by atoms with E-state index in [0.717, 1.165) is 19.3 Å². The molecule has 1 aliphatic carbocycles. The second-order valence-electron chi connectivity index (χ2n) is 9.62. The van der Waals surface area contributed by atoms with Crippen LogP contribution in [-0.4, -0.2) is 23.8 Å². The van der Waals surface area contributed by atoms with Gasteiger partial charge in [-0.2, -0.15) is 0 Å². The summed E-state index contributed by atoms with van der Waals surface area (Å²) in [5.74, 6) is 2.15. The zero-order valence-electron chi connectivity index (χ0n) is 17.9. The molecule has 0 saturated heterocycles. The van der Waals surface area contributed by atoms with E-state index >= 15 is 0 Å². The predicted octanol–water partition coefficient (Wildman–Crippen LogP) is 5.80. The molecular formula is C22H33O5P. The third kappa shape index (κ3) is 3.96. The number of ether oxygens (including phenoxy) is 3. The van der Waals surface area contributed by atoms with Crippen LogP contribution in [0.4, 0.5) is 4.79 Å². The Bertz CT molecular complexity index is 780. The smallest absolute Gasteiger partial charge is 0.485 e. The molecule has 1 aromatic carbocycles. The average Bonchev–Trinajstić information content (AvgIpc) is 2.94. The van der Waals surface area contributed by atoms with Crippen LogP contribution in [0.3, 0.4) is 0 Å². The highest BCUT2D eigenvalue weighted by molar-refractivity contribution is 7.73. The van der Waals surface area contributed by atoms with Crippen LogP contribution < -0.4 is 14.8 Å². The monoisotopic (exact) mass is 408 g/mol. The molecule has 0 aromatic heterocycles. The van der Waals surface area contributed by atoms with E-state index in [-0.39, 0.29) is 12.5 Å². The second-order valence-corrected chi connectivity index (χ2v) is 13.1. The summed E-state index contributed by atoms with van der Waals surface area (Å²) in [6.45, 7) is 12.3. The van der Waals surface area contributed by atoms with Crippen molar-refractivity contribution in [3.8, 4) is 11.5 Å². The minimum absolute atomic E-state index is 0.136. The Morgan fingerprint density at radius 2 is 1.96 bits per heavy atom. The maximum absolute atomic E-state index is 13.7. The SMILES string of the molecule is CC(C)[C@H]1CC[C@H](C)C[C@@H]1OC(=O)Oc1cccc2c1[P@](=O)(C(C)(C)C)CO2. The molecule has 0 bridgehead atoms. The van der Waals surface area contributed by atoms with Crippen LogP contribution in [0.2, 0.25) is 0 Å². The fraction of sp³-hybridized carbons (Fsp3) is 0.682. The van der Waals surface area contributed by atoms with Crippen LogP contribution in [0.1, 0.15) is 60.8 Å². The van der Waals surface area contributed by atoms with Crippen molar-refractivity contribution in [2.45, 2.75) is 72.1 Å². The molecule has 3 rings (SSSR count). The first-order chi connectivity index (χ1) is 13.0. The summed E-state index contributed by atoms with van der Waals surface area (Å²) in [6, 6.07) is 5.20. The van der Waals surface area contributed by atoms with Gasteiger partial charge in [0.05, 0.1) is 0 Å². The van der Waals surface area contributed by atoms with Gasteiger partial charge in [-0.25, -0.2) is 4.79 Å². The Balaban J connectivity index is 1.81. The summed E-state index contributed by atoms with van der Waals surface area (Å²) in [6.07, 6.45) is 2.36. The van der Waals surface area contributed by atoms with Crippen LogP contribution >= 0.6 is 7.14 Å². The Morgan fingerprint density at radius 1 is 1.25 bits per heavy atom. The highest BCUT2D eigenvalue weighted by Gasteiger charge is 2.47. The number of rotatable bonds is 3. The molecule has 0 spiro atoms. The molecule has 1 fully saturated rings. The lowest BCUT2D eigenvalue weighted by atomic mass is 9.75. The lowest BCUT2D eigenvalue weighted by Crippen LogP contribution is -2.36. The largest absolute Gasteiger partial charge is 0.514 e. The molecule has 28 heavy (non-hydrogen) atoms. The van der Waals surface area contributed by atoms with Crippen molar-refractivity contribution < 1.29 is 23.6 Å². The minimum Gasteiger partial charge on any atom is -0.485 e. The van der Waals surface area contributed by atoms with Gasteiger partial charge in [0.1, 0.15) is 29.3 Å². The van der Waals surface area contributed by atoms with Crippen molar-refractivity contribution in [3.05, 3.63) is 18.2 Å². The summed E-state index contributed by atoms with van der Waals surface area (Å²) in [5.41, 5.74) is 0. The van der Waals surface area contributed by atoms with Crippen molar-refractivity contribution in [2.24, 2.45) is 17.8 Å². The Labute approximate surface area is 168 Å². The summed E-state index contributed by atoms with van der Waals surface area (Å²) in [4.78, 5) is 12.6. The Kier molecular flexibility index (Phi) is 5.87. The first-order valence-corrected chi connectivity index (χ1v) is 12.2. The van der Waals surface area contributed by atoms with Crippen molar-refractivity contribution in [2.75, 3.05) is 6.35 Å². The fourth-order valence-corrected chi connectivity index (χ4v) is 6.78. The van der Waals surface area contributed by atoms with E-state index < -0.39 is 18.5 Å². The summed E-state index contributed by atoms with van der Waals surface area (Å²) < 4.78 is 30.7. The van der Waals surface area contributed by atoms with Crippen molar-refractivity contribution >= 4 is 18.6 Å². The molecule has 6 heteroatoms. The number of carbonyl (C=O) groups excluding carboxylic acids is 1. The van der Waals surface area contributed by atoms with E-state index in [1.165, 1.54) is 0 Å². The molecule has 1 saturated carbocycles. The topological polar surface area (TPSA) is 61.8 Å². The summed E-state index contributed by atoms with van der Waals surface area (Å²) >= 11 is 0. The fourth-order valence-electron chi connectivity index (χ4n) is 4.30. The van der Waals surface area contributed by atoms with Crippen molar-refractivity contribution in [1.82, 2.24) is 0 Å². The predicted molar refractivity (Wildman–Crippen MR) is 111 cm³/mol. The molecule has 5 nitrogen and oxygen atoms in total. The third-order valence-electron chi connectivity index (χ3n) is 6.21. The second kappa shape index (κ2) is 7.74. The number of hydrogen-bond donors (Lipinski definition) is 0. The minimum atomic E-state index is -2.87. The highest BCUT2D eigenvalue weighted by Crippen LogP contribution is 2.63. The van der Waals surface area contributed by atoms with E-state index in [9.17, 15) is 9.36 Å². The maximum atomic E-state index is 13.7. The van der Waals surface area contributed by atoms with Crippen LogP contribution in [-0.2, 0) is 9.30 Å². The van der Waals surface area contributed by atoms with Gasteiger partial charge in [-0.15, -0.1) is 0 Å². The summed E-state index contributed by atoms with van der Waals surface area (Å²) in [7, 11) is -2.87. The normalized spacial score (nSPS) is 29.9. The molecule has 0 amide bonds. The van der Waals surface area contributed by atoms with Crippen LogP contribution in [0.25, 0.3) is 0 Å². The van der Waals surface area contributed by atoms with E-state index in [1.54, 1.807) is 18.2 Å². The molecule has 0 radical (unpaired) electrons. The van der Waals surface area contributed by atoms with Crippen LogP contribution in [0.15, 0.2) is 18.2 Å². The van der Waals surface area contributed by atoms with Gasteiger partial charge in [0.25, 0.3) is 0 Å². The first-order valence-electron chi connectivity index (χ1n) is 10.3. The summed E-state index contributed by atoms with van der Waals surface area (Å²) in [5, 5.41) is 0.0419. The van der Waals surface area contributed by atoms with Crippen molar-refractivity contribution in [3.63, 3.8) is 0 Å². The van der Waals surface area contributed by atoms with E-state index in [4.69, 9.17) is 14.2 Å². The van der Waals surface area contributed by atoms with Crippen molar-refractivity contribution in [1.29, 1.82) is 0 Å². The van der Waals surface area contributed by atoms with Gasteiger partial charge in [0.15, 0.2) is 7.14 Å². The first kappa shape index (κ1) is 21.2. The van der Waals surface area contributed by atoms with Gasteiger partial charge in [-0.3, -0.25) is 0 Å². The number of hydrogen-bond acceptors (Lipinski definition) is 5. The van der Waals surface area contributed by atoms with Gasteiger partial charge in [0.2, 0.25) is 0 Å². The molecular weight excluding hydrogens is 375 g/mol. The molecule has 0 N–H and O–H groups in total. The number of carbonyl (C=O) groups is 1. The molecule has 156 valence electrons. The zero-order valence-corrected chi connectivity index (χ0v) is 18.8. The van der Waals surface area contributed by atoms with Crippen LogP contribution in [0.5, 0.6) is 11.5 Å². The van der Waals surface area contributed by atoms with Gasteiger partial charge in [-0.1, -0.05) is 54.0 Å². The maximum Gasteiger partial charge on any atom is 0.514 e. The Morgan fingerprint density at radius 3 is 2.61 bits per heavy atom. The van der Waals surface area contributed by atoms with E-state index in [2.05, 4.69) is 20.8 Å². The molecule has 0 unspecified atom stereocenters. The van der Waals surface area contributed by atoms with Gasteiger partial charge in [-0.05, 0) is 42.7 Å². The molecule has 1 aromatic rings. The molecule has 1 aliphatic heterocycles. The zero-order chi connectivity index (χ0) is 20.7.